The Morgan fingerprint density at radius 1 is 1.23 bits per heavy atom. The zero-order chi connectivity index (χ0) is 9.84. The monoisotopic (exact) mass is 183 g/mol. The number of hydrogen-bond donors (Lipinski definition) is 0. The summed E-state index contributed by atoms with van der Waals surface area (Å²) < 4.78 is 0. The lowest BCUT2D eigenvalue weighted by Crippen LogP contribution is -2.41. The lowest BCUT2D eigenvalue weighted by molar-refractivity contribution is -0.123. The first kappa shape index (κ1) is 10.7. The van der Waals surface area contributed by atoms with Crippen LogP contribution in [0.2, 0.25) is 0 Å². The van der Waals surface area contributed by atoms with Crippen molar-refractivity contribution in [3.8, 4) is 0 Å². The zero-order valence-electron chi connectivity index (χ0n) is 9.05. The van der Waals surface area contributed by atoms with Crippen LogP contribution >= 0.6 is 0 Å². The van der Waals surface area contributed by atoms with Crippen molar-refractivity contribution in [1.82, 2.24) is 4.90 Å². The first-order chi connectivity index (χ1) is 6.13. The van der Waals surface area contributed by atoms with E-state index in [-0.39, 0.29) is 6.04 Å². The minimum Gasteiger partial charge on any atom is -0.300 e. The van der Waals surface area contributed by atoms with E-state index >= 15 is 0 Å². The molecule has 0 aromatic rings. The maximum Gasteiger partial charge on any atom is 0.147 e. The molecule has 1 aliphatic carbocycles. The van der Waals surface area contributed by atoms with Crippen LogP contribution in [0.25, 0.3) is 0 Å². The lowest BCUT2D eigenvalue weighted by atomic mass is 9.82. The number of likely N-dealkylation sites (N-methyl/N-ethyl adjacent to an activating group) is 1. The van der Waals surface area contributed by atoms with Crippen molar-refractivity contribution in [1.29, 1.82) is 0 Å². The number of carbonyl (C=O) groups is 1. The van der Waals surface area contributed by atoms with Gasteiger partial charge in [0.05, 0.1) is 6.04 Å². The highest BCUT2D eigenvalue weighted by Gasteiger charge is 2.28. The molecule has 0 heterocycles. The molecular weight excluding hydrogens is 162 g/mol. The van der Waals surface area contributed by atoms with Crippen molar-refractivity contribution in [2.45, 2.75) is 45.1 Å². The van der Waals surface area contributed by atoms with Gasteiger partial charge in [0.2, 0.25) is 0 Å². The van der Waals surface area contributed by atoms with E-state index in [9.17, 15) is 4.79 Å². The van der Waals surface area contributed by atoms with E-state index in [1.807, 2.05) is 14.1 Å². The van der Waals surface area contributed by atoms with Crippen LogP contribution in [-0.4, -0.2) is 30.8 Å². The molecule has 2 heteroatoms. The van der Waals surface area contributed by atoms with Gasteiger partial charge >= 0.3 is 0 Å². The van der Waals surface area contributed by atoms with E-state index in [4.69, 9.17) is 0 Å². The van der Waals surface area contributed by atoms with Crippen LogP contribution in [0.3, 0.4) is 0 Å². The predicted octanol–water partition coefficient (Wildman–Crippen LogP) is 2.09. The first-order valence-corrected chi connectivity index (χ1v) is 5.30. The van der Waals surface area contributed by atoms with E-state index in [1.165, 1.54) is 32.1 Å². The van der Waals surface area contributed by atoms with Crippen LogP contribution in [0.1, 0.15) is 39.0 Å². The smallest absolute Gasteiger partial charge is 0.147 e. The summed E-state index contributed by atoms with van der Waals surface area (Å²) in [5.74, 6) is 0.943. The van der Waals surface area contributed by atoms with Gasteiger partial charge in [0.25, 0.3) is 0 Å². The third kappa shape index (κ3) is 2.80. The van der Waals surface area contributed by atoms with Gasteiger partial charge in [-0.15, -0.1) is 0 Å². The normalized spacial score (nSPS) is 21.8. The Hall–Kier alpha value is -0.370. The molecule has 2 nitrogen and oxygen atoms in total. The molecule has 13 heavy (non-hydrogen) atoms. The number of Topliss-reactive ketones (excluding diaryl/α,β-unsaturated/α-hetero) is 1. The molecule has 0 aliphatic heterocycles. The maximum atomic E-state index is 11.4. The van der Waals surface area contributed by atoms with Gasteiger partial charge in [0.1, 0.15) is 5.78 Å². The summed E-state index contributed by atoms with van der Waals surface area (Å²) in [5, 5.41) is 0. The van der Waals surface area contributed by atoms with Gasteiger partial charge < -0.3 is 0 Å². The summed E-state index contributed by atoms with van der Waals surface area (Å²) >= 11 is 0. The summed E-state index contributed by atoms with van der Waals surface area (Å²) in [6.07, 6.45) is 6.45. The second-order valence-corrected chi connectivity index (χ2v) is 4.42. The fraction of sp³-hybridized carbons (Fsp3) is 0.909. The van der Waals surface area contributed by atoms with Crippen LogP contribution in [0.4, 0.5) is 0 Å². The quantitative estimate of drug-likeness (QED) is 0.667. The molecule has 1 fully saturated rings. The molecule has 0 saturated heterocycles. The van der Waals surface area contributed by atoms with Crippen LogP contribution < -0.4 is 0 Å². The number of ketones is 1. The Labute approximate surface area is 81.3 Å². The number of nitrogens with zero attached hydrogens (tertiary/aromatic N) is 1. The zero-order valence-corrected chi connectivity index (χ0v) is 9.05. The van der Waals surface area contributed by atoms with Crippen LogP contribution in [-0.2, 0) is 4.79 Å². The summed E-state index contributed by atoms with van der Waals surface area (Å²) in [6, 6.07) is 0.167. The molecule has 0 aromatic heterocycles. The van der Waals surface area contributed by atoms with Crippen LogP contribution in [0.15, 0.2) is 0 Å². The van der Waals surface area contributed by atoms with Crippen molar-refractivity contribution < 1.29 is 4.79 Å². The van der Waals surface area contributed by atoms with Gasteiger partial charge in [-0.2, -0.15) is 0 Å². The molecule has 1 aliphatic rings. The minimum absolute atomic E-state index is 0.167. The summed E-state index contributed by atoms with van der Waals surface area (Å²) in [5.41, 5.74) is 0. The molecule has 0 amide bonds. The van der Waals surface area contributed by atoms with Gasteiger partial charge in [-0.3, -0.25) is 9.69 Å². The van der Waals surface area contributed by atoms with Crippen molar-refractivity contribution in [2.24, 2.45) is 5.92 Å². The Balaban J connectivity index is 2.57. The number of rotatable bonds is 3. The standard InChI is InChI=1S/C11H21NO/c1-9(13)11(12(2)3)10-7-5-4-6-8-10/h10-11H,4-8H2,1-3H3/t11-/m1/s1. The van der Waals surface area contributed by atoms with Gasteiger partial charge in [0, 0.05) is 0 Å². The summed E-state index contributed by atoms with van der Waals surface area (Å²) in [7, 11) is 4.03. The van der Waals surface area contributed by atoms with Crippen molar-refractivity contribution in [3.63, 3.8) is 0 Å². The Kier molecular flexibility index (Phi) is 3.91. The minimum atomic E-state index is 0.167. The van der Waals surface area contributed by atoms with Gasteiger partial charge in [-0.25, -0.2) is 0 Å². The van der Waals surface area contributed by atoms with E-state index in [1.54, 1.807) is 6.92 Å². The Bertz CT molecular complexity index is 171. The van der Waals surface area contributed by atoms with Gasteiger partial charge in [-0.05, 0) is 39.8 Å². The first-order valence-electron chi connectivity index (χ1n) is 5.30. The van der Waals surface area contributed by atoms with E-state index in [2.05, 4.69) is 4.90 Å². The third-order valence-corrected chi connectivity index (χ3v) is 3.07. The van der Waals surface area contributed by atoms with Crippen LogP contribution in [0, 0.1) is 5.92 Å². The average molecular weight is 183 g/mol. The van der Waals surface area contributed by atoms with Crippen molar-refractivity contribution in [3.05, 3.63) is 0 Å². The van der Waals surface area contributed by atoms with E-state index in [0.29, 0.717) is 11.7 Å². The van der Waals surface area contributed by atoms with Crippen molar-refractivity contribution in [2.75, 3.05) is 14.1 Å². The predicted molar refractivity (Wildman–Crippen MR) is 54.7 cm³/mol. The molecule has 0 aromatic carbocycles. The Morgan fingerprint density at radius 3 is 2.15 bits per heavy atom. The summed E-state index contributed by atoms with van der Waals surface area (Å²) in [4.78, 5) is 13.5. The largest absolute Gasteiger partial charge is 0.300 e. The molecule has 0 N–H and O–H groups in total. The maximum absolute atomic E-state index is 11.4. The fourth-order valence-electron chi connectivity index (χ4n) is 2.57. The number of carbonyl (C=O) groups excluding carboxylic acids is 1. The molecule has 0 radical (unpaired) electrons. The van der Waals surface area contributed by atoms with Gasteiger partial charge in [0.15, 0.2) is 0 Å². The lowest BCUT2D eigenvalue weighted by Gasteiger charge is -2.32. The number of hydrogen-bond acceptors (Lipinski definition) is 2. The second kappa shape index (κ2) is 4.75. The highest BCUT2D eigenvalue weighted by molar-refractivity contribution is 5.81. The highest BCUT2D eigenvalue weighted by atomic mass is 16.1. The molecule has 0 bridgehead atoms. The molecule has 0 spiro atoms. The molecule has 1 rings (SSSR count). The molecule has 76 valence electrons. The summed E-state index contributed by atoms with van der Waals surface area (Å²) in [6.45, 7) is 1.72. The van der Waals surface area contributed by atoms with Crippen molar-refractivity contribution >= 4 is 5.78 Å². The molecule has 1 saturated carbocycles. The fourth-order valence-corrected chi connectivity index (χ4v) is 2.57. The van der Waals surface area contributed by atoms with E-state index in [0.717, 1.165) is 0 Å². The van der Waals surface area contributed by atoms with Crippen LogP contribution in [0.5, 0.6) is 0 Å². The topological polar surface area (TPSA) is 20.3 Å². The average Bonchev–Trinajstić information content (AvgIpc) is 2.04. The SMILES string of the molecule is CC(=O)[C@H](C1CCCCC1)N(C)C. The van der Waals surface area contributed by atoms with E-state index < -0.39 is 0 Å². The Morgan fingerprint density at radius 2 is 1.77 bits per heavy atom. The van der Waals surface area contributed by atoms with Gasteiger partial charge in [-0.1, -0.05) is 19.3 Å². The highest BCUT2D eigenvalue weighted by Crippen LogP contribution is 2.28. The molecular formula is C11H21NO. The molecule has 0 unspecified atom stereocenters. The third-order valence-electron chi connectivity index (χ3n) is 3.07. The second-order valence-electron chi connectivity index (χ2n) is 4.42. The molecule has 1 atom stereocenters.